The van der Waals surface area contributed by atoms with Crippen molar-refractivity contribution in [1.29, 1.82) is 0 Å². The molecule has 2 aromatic carbocycles. The second kappa shape index (κ2) is 10.2. The quantitative estimate of drug-likeness (QED) is 0.665. The van der Waals surface area contributed by atoms with Gasteiger partial charge in [0.25, 0.3) is 0 Å². The molecule has 33 heavy (non-hydrogen) atoms. The lowest BCUT2D eigenvalue weighted by Gasteiger charge is -2.39. The van der Waals surface area contributed by atoms with E-state index in [1.807, 2.05) is 30.0 Å². The van der Waals surface area contributed by atoms with E-state index in [2.05, 4.69) is 21.9 Å². The first kappa shape index (κ1) is 23.7. The van der Waals surface area contributed by atoms with Crippen molar-refractivity contribution in [3.05, 3.63) is 60.4 Å². The molecule has 2 fully saturated rings. The lowest BCUT2D eigenvalue weighted by atomic mass is 10.2. The Bertz CT molecular complexity index is 1040. The van der Waals surface area contributed by atoms with Crippen LogP contribution >= 0.6 is 0 Å². The van der Waals surface area contributed by atoms with Crippen molar-refractivity contribution in [2.24, 2.45) is 0 Å². The predicted octanol–water partition coefficient (Wildman–Crippen LogP) is 2.26. The molecule has 2 aliphatic heterocycles. The largest absolute Gasteiger partial charge is 0.368 e. The van der Waals surface area contributed by atoms with Crippen LogP contribution in [0.15, 0.2) is 59.5 Å². The zero-order chi connectivity index (χ0) is 23.4. The smallest absolute Gasteiger partial charge is 0.243 e. The number of benzene rings is 2. The highest BCUT2D eigenvalue weighted by molar-refractivity contribution is 7.89. The molecule has 1 atom stereocenters. The molecule has 2 aliphatic rings. The highest BCUT2D eigenvalue weighted by Crippen LogP contribution is 2.20. The summed E-state index contributed by atoms with van der Waals surface area (Å²) in [5.74, 6) is -0.370. The van der Waals surface area contributed by atoms with Crippen molar-refractivity contribution in [1.82, 2.24) is 14.1 Å². The average molecular weight is 475 g/mol. The van der Waals surface area contributed by atoms with E-state index in [0.717, 1.165) is 25.2 Å². The molecule has 4 rings (SSSR count). The monoisotopic (exact) mass is 474 g/mol. The van der Waals surface area contributed by atoms with Crippen molar-refractivity contribution in [2.45, 2.75) is 24.3 Å². The Hall–Kier alpha value is -2.49. The topological polar surface area (TPSA) is 64.2 Å². The van der Waals surface area contributed by atoms with Crippen LogP contribution in [0, 0.1) is 5.82 Å². The molecule has 2 aromatic rings. The van der Waals surface area contributed by atoms with E-state index in [4.69, 9.17) is 0 Å². The number of rotatable bonds is 5. The summed E-state index contributed by atoms with van der Waals surface area (Å²) in [6.45, 7) is 6.69. The van der Waals surface area contributed by atoms with Gasteiger partial charge < -0.3 is 9.80 Å². The lowest BCUT2D eigenvalue weighted by Crippen LogP contribution is -2.54. The van der Waals surface area contributed by atoms with E-state index in [1.54, 1.807) is 0 Å². The van der Waals surface area contributed by atoms with Crippen LogP contribution in [0.1, 0.15) is 13.3 Å². The number of amides is 1. The summed E-state index contributed by atoms with van der Waals surface area (Å²) in [5, 5.41) is 0. The molecule has 0 unspecified atom stereocenters. The summed E-state index contributed by atoms with van der Waals surface area (Å²) in [5.41, 5.74) is 1.17. The minimum absolute atomic E-state index is 0.0950. The molecular formula is C24H31FN4O3S. The van der Waals surface area contributed by atoms with E-state index in [1.165, 1.54) is 22.1 Å². The van der Waals surface area contributed by atoms with E-state index in [0.29, 0.717) is 45.7 Å². The summed E-state index contributed by atoms with van der Waals surface area (Å²) in [4.78, 5) is 19.6. The maximum Gasteiger partial charge on any atom is 0.243 e. The maximum absolute atomic E-state index is 13.2. The van der Waals surface area contributed by atoms with Crippen LogP contribution < -0.4 is 4.90 Å². The molecule has 0 N–H and O–H groups in total. The fraction of sp³-hybridized carbons (Fsp3) is 0.458. The van der Waals surface area contributed by atoms with Crippen LogP contribution in [-0.2, 0) is 14.8 Å². The summed E-state index contributed by atoms with van der Waals surface area (Å²) in [7, 11) is -3.69. The fourth-order valence-corrected chi connectivity index (χ4v) is 6.01. The normalized spacial score (nSPS) is 19.8. The Morgan fingerprint density at radius 2 is 1.52 bits per heavy atom. The predicted molar refractivity (Wildman–Crippen MR) is 126 cm³/mol. The van der Waals surface area contributed by atoms with Gasteiger partial charge in [0.1, 0.15) is 5.82 Å². The van der Waals surface area contributed by atoms with Gasteiger partial charge in [-0.05, 0) is 49.7 Å². The van der Waals surface area contributed by atoms with Crippen molar-refractivity contribution in [2.75, 3.05) is 57.3 Å². The highest BCUT2D eigenvalue weighted by Gasteiger charge is 2.32. The van der Waals surface area contributed by atoms with Crippen LogP contribution in [0.4, 0.5) is 10.1 Å². The van der Waals surface area contributed by atoms with Gasteiger partial charge in [-0.2, -0.15) is 4.31 Å². The minimum Gasteiger partial charge on any atom is -0.368 e. The van der Waals surface area contributed by atoms with Gasteiger partial charge in [-0.1, -0.05) is 18.2 Å². The van der Waals surface area contributed by atoms with E-state index >= 15 is 0 Å². The number of para-hydroxylation sites is 1. The van der Waals surface area contributed by atoms with Gasteiger partial charge in [-0.25, -0.2) is 12.8 Å². The van der Waals surface area contributed by atoms with Gasteiger partial charge in [0.05, 0.1) is 10.9 Å². The number of piperazine rings is 1. The first-order valence-electron chi connectivity index (χ1n) is 11.4. The number of halogens is 1. The minimum atomic E-state index is -3.69. The first-order chi connectivity index (χ1) is 15.9. The number of nitrogens with zero attached hydrogens (tertiary/aromatic N) is 4. The summed E-state index contributed by atoms with van der Waals surface area (Å²) in [6, 6.07) is 14.8. The number of carbonyl (C=O) groups is 1. The van der Waals surface area contributed by atoms with Crippen LogP contribution in [-0.4, -0.2) is 86.8 Å². The van der Waals surface area contributed by atoms with Gasteiger partial charge in [0.2, 0.25) is 15.9 Å². The summed E-state index contributed by atoms with van der Waals surface area (Å²) < 4.78 is 40.6. The molecule has 1 amide bonds. The number of sulfonamides is 1. The van der Waals surface area contributed by atoms with E-state index in [-0.39, 0.29) is 16.8 Å². The molecule has 178 valence electrons. The Kier molecular flexibility index (Phi) is 7.31. The third-order valence-corrected chi connectivity index (χ3v) is 8.47. The first-order valence-corrected chi connectivity index (χ1v) is 12.9. The lowest BCUT2D eigenvalue weighted by molar-refractivity contribution is -0.136. The third kappa shape index (κ3) is 5.37. The second-order valence-corrected chi connectivity index (χ2v) is 10.5. The van der Waals surface area contributed by atoms with Crippen molar-refractivity contribution in [3.63, 3.8) is 0 Å². The number of hydrogen-bond acceptors (Lipinski definition) is 5. The molecule has 0 saturated carbocycles. The SMILES string of the molecule is C[C@H](C(=O)N1CCN(c2ccccc2)CC1)N1CCCN(S(=O)(=O)c2ccc(F)cc2)CC1. The van der Waals surface area contributed by atoms with E-state index < -0.39 is 15.8 Å². The molecule has 0 aliphatic carbocycles. The average Bonchev–Trinajstić information content (AvgIpc) is 3.11. The fourth-order valence-electron chi connectivity index (χ4n) is 4.54. The number of carbonyl (C=O) groups excluding carboxylic acids is 1. The van der Waals surface area contributed by atoms with Crippen molar-refractivity contribution in [3.8, 4) is 0 Å². The van der Waals surface area contributed by atoms with Gasteiger partial charge in [0, 0.05) is 58.0 Å². The number of hydrogen-bond donors (Lipinski definition) is 0. The molecule has 0 bridgehead atoms. The Morgan fingerprint density at radius 3 is 2.18 bits per heavy atom. The molecule has 0 aromatic heterocycles. The second-order valence-electron chi connectivity index (χ2n) is 8.57. The Labute approximate surface area is 195 Å². The Morgan fingerprint density at radius 1 is 0.848 bits per heavy atom. The zero-order valence-electron chi connectivity index (χ0n) is 18.9. The molecule has 0 spiro atoms. The zero-order valence-corrected chi connectivity index (χ0v) is 19.8. The molecule has 2 heterocycles. The van der Waals surface area contributed by atoms with Crippen molar-refractivity contribution < 1.29 is 17.6 Å². The van der Waals surface area contributed by atoms with E-state index in [9.17, 15) is 17.6 Å². The van der Waals surface area contributed by atoms with Gasteiger partial charge in [-0.15, -0.1) is 0 Å². The van der Waals surface area contributed by atoms with Crippen LogP contribution in [0.5, 0.6) is 0 Å². The van der Waals surface area contributed by atoms with Crippen LogP contribution in [0.3, 0.4) is 0 Å². The third-order valence-electron chi connectivity index (χ3n) is 6.56. The van der Waals surface area contributed by atoms with Gasteiger partial charge in [0.15, 0.2) is 0 Å². The van der Waals surface area contributed by atoms with Gasteiger partial charge >= 0.3 is 0 Å². The van der Waals surface area contributed by atoms with Crippen LogP contribution in [0.2, 0.25) is 0 Å². The van der Waals surface area contributed by atoms with Gasteiger partial charge in [-0.3, -0.25) is 9.69 Å². The molecule has 7 nitrogen and oxygen atoms in total. The summed E-state index contributed by atoms with van der Waals surface area (Å²) >= 11 is 0. The highest BCUT2D eigenvalue weighted by atomic mass is 32.2. The van der Waals surface area contributed by atoms with Crippen LogP contribution in [0.25, 0.3) is 0 Å². The Balaban J connectivity index is 1.33. The number of anilines is 1. The molecule has 2 saturated heterocycles. The summed E-state index contributed by atoms with van der Waals surface area (Å²) in [6.07, 6.45) is 0.639. The molecule has 9 heteroatoms. The molecule has 0 radical (unpaired) electrons. The molecular weight excluding hydrogens is 443 g/mol. The maximum atomic E-state index is 13.2. The van der Waals surface area contributed by atoms with Crippen molar-refractivity contribution >= 4 is 21.6 Å². The standard InChI is InChI=1S/C24H31FN4O3S/c1-20(24(30)28-16-14-27(15-17-28)22-6-3-2-4-7-22)26-12-5-13-29(19-18-26)33(31,32)23-10-8-21(25)9-11-23/h2-4,6-11,20H,5,12-19H2,1H3/t20-/m1/s1.